The number of ketones is 1. The topological polar surface area (TPSA) is 55.4 Å². The summed E-state index contributed by atoms with van der Waals surface area (Å²) in [7, 11) is 0. The normalized spacial score (nSPS) is 10.9. The van der Waals surface area contributed by atoms with E-state index in [4.69, 9.17) is 16.3 Å². The van der Waals surface area contributed by atoms with Crippen molar-refractivity contribution in [2.75, 3.05) is 5.88 Å². The van der Waals surface area contributed by atoms with Gasteiger partial charge < -0.3 is 10.1 Å². The minimum Gasteiger partial charge on any atom is -0.445 e. The van der Waals surface area contributed by atoms with Gasteiger partial charge in [0, 0.05) is 0 Å². The zero-order valence-electron chi connectivity index (χ0n) is 11.8. The van der Waals surface area contributed by atoms with Gasteiger partial charge in [0.2, 0.25) is 0 Å². The fraction of sp³-hybridized carbons (Fsp3) is 0.467. The van der Waals surface area contributed by atoms with E-state index in [1.165, 1.54) is 0 Å². The van der Waals surface area contributed by atoms with Crippen LogP contribution in [0.1, 0.15) is 32.3 Å². The van der Waals surface area contributed by atoms with E-state index in [1.807, 2.05) is 44.2 Å². The molecule has 0 aromatic heterocycles. The number of Topliss-reactive ketones (excluding diaryl/α,β-unsaturated/α-hetero) is 1. The molecule has 0 radical (unpaired) electrons. The average Bonchev–Trinajstić information content (AvgIpc) is 2.51. The van der Waals surface area contributed by atoms with Gasteiger partial charge in [-0.05, 0) is 18.4 Å². The van der Waals surface area contributed by atoms with Crippen LogP contribution in [0.5, 0.6) is 0 Å². The number of alkyl halides is 1. The lowest BCUT2D eigenvalue weighted by Crippen LogP contribution is -2.54. The first-order valence-electron chi connectivity index (χ1n) is 6.66. The fourth-order valence-electron chi connectivity index (χ4n) is 1.97. The molecule has 0 aliphatic heterocycles. The Morgan fingerprint density at radius 2 is 1.80 bits per heavy atom. The summed E-state index contributed by atoms with van der Waals surface area (Å²) in [6.07, 6.45) is 0.362. The van der Waals surface area contributed by atoms with Crippen molar-refractivity contribution < 1.29 is 14.3 Å². The number of benzene rings is 1. The van der Waals surface area contributed by atoms with Crippen LogP contribution in [-0.4, -0.2) is 23.3 Å². The molecule has 0 fully saturated rings. The molecule has 0 heterocycles. The summed E-state index contributed by atoms with van der Waals surface area (Å²) in [6.45, 7) is 3.85. The van der Waals surface area contributed by atoms with Gasteiger partial charge in [0.15, 0.2) is 5.78 Å². The predicted octanol–water partition coefficient (Wildman–Crippen LogP) is 3.28. The molecule has 0 saturated heterocycles. The van der Waals surface area contributed by atoms with Gasteiger partial charge in [-0.1, -0.05) is 44.2 Å². The maximum atomic E-state index is 11.9. The van der Waals surface area contributed by atoms with E-state index in [0.717, 1.165) is 5.56 Å². The minimum atomic E-state index is -0.935. The van der Waals surface area contributed by atoms with Crippen LogP contribution in [0, 0.1) is 0 Å². The van der Waals surface area contributed by atoms with Crippen LogP contribution in [0.4, 0.5) is 4.79 Å². The second-order valence-electron chi connectivity index (χ2n) is 4.53. The maximum Gasteiger partial charge on any atom is 0.408 e. The molecule has 1 aromatic rings. The number of ether oxygens (including phenoxy) is 1. The summed E-state index contributed by atoms with van der Waals surface area (Å²) in [5, 5.41) is 2.66. The van der Waals surface area contributed by atoms with Gasteiger partial charge in [-0.25, -0.2) is 4.79 Å². The number of nitrogens with one attached hydrogen (secondary N) is 1. The smallest absolute Gasteiger partial charge is 0.408 e. The van der Waals surface area contributed by atoms with Crippen LogP contribution in [0.2, 0.25) is 0 Å². The molecule has 5 heteroatoms. The molecule has 110 valence electrons. The van der Waals surface area contributed by atoms with E-state index >= 15 is 0 Å². The van der Waals surface area contributed by atoms with Crippen molar-refractivity contribution >= 4 is 23.5 Å². The molecule has 0 unspecified atom stereocenters. The summed E-state index contributed by atoms with van der Waals surface area (Å²) >= 11 is 5.61. The third kappa shape index (κ3) is 4.23. The number of carbonyl (C=O) groups excluding carboxylic acids is 2. The van der Waals surface area contributed by atoms with E-state index in [-0.39, 0.29) is 18.3 Å². The summed E-state index contributed by atoms with van der Waals surface area (Å²) in [5.41, 5.74) is -0.0416. The van der Waals surface area contributed by atoms with Crippen molar-refractivity contribution in [1.29, 1.82) is 0 Å². The Hall–Kier alpha value is -1.55. The van der Waals surface area contributed by atoms with Crippen LogP contribution in [0.3, 0.4) is 0 Å². The van der Waals surface area contributed by atoms with E-state index in [1.54, 1.807) is 0 Å². The second kappa shape index (κ2) is 7.90. The van der Waals surface area contributed by atoms with Crippen LogP contribution in [-0.2, 0) is 16.1 Å². The number of alkyl carbamates (subject to hydrolysis) is 1. The Labute approximate surface area is 124 Å². The van der Waals surface area contributed by atoms with Crippen LogP contribution >= 0.6 is 11.6 Å². The summed E-state index contributed by atoms with van der Waals surface area (Å²) in [6, 6.07) is 9.36. The van der Waals surface area contributed by atoms with Crippen LogP contribution < -0.4 is 5.32 Å². The Bertz CT molecular complexity index is 444. The van der Waals surface area contributed by atoms with Crippen molar-refractivity contribution in [1.82, 2.24) is 5.32 Å². The SMILES string of the molecule is CCC(CC)(NC(=O)OCc1ccccc1)C(=O)CCl. The molecular formula is C15H20ClNO3. The first-order chi connectivity index (χ1) is 9.57. The highest BCUT2D eigenvalue weighted by Crippen LogP contribution is 2.18. The van der Waals surface area contributed by atoms with Crippen molar-refractivity contribution in [3.63, 3.8) is 0 Å². The fourth-order valence-corrected chi connectivity index (χ4v) is 2.23. The molecule has 1 N–H and O–H groups in total. The highest BCUT2D eigenvalue weighted by molar-refractivity contribution is 6.29. The third-order valence-corrected chi connectivity index (χ3v) is 3.66. The number of hydrogen-bond donors (Lipinski definition) is 1. The van der Waals surface area contributed by atoms with E-state index in [0.29, 0.717) is 12.8 Å². The van der Waals surface area contributed by atoms with E-state index < -0.39 is 11.6 Å². The first-order valence-corrected chi connectivity index (χ1v) is 7.19. The number of carbonyl (C=O) groups is 2. The Morgan fingerprint density at radius 1 is 1.20 bits per heavy atom. The van der Waals surface area contributed by atoms with Gasteiger partial charge in [0.25, 0.3) is 0 Å². The lowest BCUT2D eigenvalue weighted by Gasteiger charge is -2.30. The molecule has 1 rings (SSSR count). The van der Waals surface area contributed by atoms with Crippen LogP contribution in [0.15, 0.2) is 30.3 Å². The van der Waals surface area contributed by atoms with Crippen LogP contribution in [0.25, 0.3) is 0 Å². The highest BCUT2D eigenvalue weighted by atomic mass is 35.5. The standard InChI is InChI=1S/C15H20ClNO3/c1-3-15(4-2,13(18)10-16)17-14(19)20-11-12-8-6-5-7-9-12/h5-9H,3-4,10-11H2,1-2H3,(H,17,19). The average molecular weight is 298 g/mol. The monoisotopic (exact) mass is 297 g/mol. The quantitative estimate of drug-likeness (QED) is 0.786. The molecular weight excluding hydrogens is 278 g/mol. The summed E-state index contributed by atoms with van der Waals surface area (Å²) in [4.78, 5) is 23.7. The van der Waals surface area contributed by atoms with Crippen molar-refractivity contribution in [2.45, 2.75) is 38.8 Å². The van der Waals surface area contributed by atoms with Gasteiger partial charge in [0.1, 0.15) is 12.1 Å². The Morgan fingerprint density at radius 3 is 2.30 bits per heavy atom. The molecule has 1 amide bonds. The van der Waals surface area contributed by atoms with Gasteiger partial charge >= 0.3 is 6.09 Å². The molecule has 0 aliphatic rings. The summed E-state index contributed by atoms with van der Waals surface area (Å²) in [5.74, 6) is -0.318. The molecule has 20 heavy (non-hydrogen) atoms. The Kier molecular flexibility index (Phi) is 6.52. The highest BCUT2D eigenvalue weighted by Gasteiger charge is 2.35. The van der Waals surface area contributed by atoms with E-state index in [9.17, 15) is 9.59 Å². The Balaban J connectivity index is 2.61. The molecule has 0 atom stereocenters. The van der Waals surface area contributed by atoms with Crippen molar-refractivity contribution in [3.8, 4) is 0 Å². The largest absolute Gasteiger partial charge is 0.445 e. The van der Waals surface area contributed by atoms with Gasteiger partial charge in [0.05, 0.1) is 5.88 Å². The molecule has 0 bridgehead atoms. The predicted molar refractivity (Wildman–Crippen MR) is 78.8 cm³/mol. The van der Waals surface area contributed by atoms with E-state index in [2.05, 4.69) is 5.32 Å². The molecule has 4 nitrogen and oxygen atoms in total. The summed E-state index contributed by atoms with van der Waals surface area (Å²) < 4.78 is 5.14. The number of hydrogen-bond acceptors (Lipinski definition) is 3. The van der Waals surface area contributed by atoms with Gasteiger partial charge in [-0.3, -0.25) is 4.79 Å². The lowest BCUT2D eigenvalue weighted by atomic mass is 9.89. The zero-order chi connectivity index (χ0) is 15.0. The van der Waals surface area contributed by atoms with Gasteiger partial charge in [-0.2, -0.15) is 0 Å². The molecule has 1 aromatic carbocycles. The number of halogens is 1. The van der Waals surface area contributed by atoms with Crippen molar-refractivity contribution in [2.24, 2.45) is 0 Å². The lowest BCUT2D eigenvalue weighted by molar-refractivity contribution is -0.123. The molecule has 0 spiro atoms. The second-order valence-corrected chi connectivity index (χ2v) is 4.80. The number of amides is 1. The zero-order valence-corrected chi connectivity index (χ0v) is 12.6. The van der Waals surface area contributed by atoms with Crippen molar-refractivity contribution in [3.05, 3.63) is 35.9 Å². The minimum absolute atomic E-state index is 0.124. The number of rotatable bonds is 7. The van der Waals surface area contributed by atoms with Gasteiger partial charge in [-0.15, -0.1) is 11.6 Å². The molecule has 0 saturated carbocycles. The maximum absolute atomic E-state index is 11.9. The molecule has 0 aliphatic carbocycles. The first kappa shape index (κ1) is 16.5. The third-order valence-electron chi connectivity index (χ3n) is 3.42.